The summed E-state index contributed by atoms with van der Waals surface area (Å²) in [5.74, 6) is -2.36. The zero-order valence-electron chi connectivity index (χ0n) is 16.4. The first-order valence-corrected chi connectivity index (χ1v) is 10.2. The average molecular weight is 443 g/mol. The van der Waals surface area contributed by atoms with Gasteiger partial charge in [0.15, 0.2) is 28.9 Å². The number of hydrogen-bond acceptors (Lipinski definition) is 8. The van der Waals surface area contributed by atoms with Gasteiger partial charge in [0.25, 0.3) is 11.8 Å². The summed E-state index contributed by atoms with van der Waals surface area (Å²) in [6.07, 6.45) is 4.38. The van der Waals surface area contributed by atoms with E-state index in [0.29, 0.717) is 18.5 Å². The number of thiazole rings is 1. The maximum atomic E-state index is 12.8. The Morgan fingerprint density at radius 2 is 2.13 bits per heavy atom. The number of hydrogen-bond donors (Lipinski definition) is 3. The molecule has 0 radical (unpaired) electrons. The number of carbonyl (C=O) groups is 3. The lowest BCUT2D eigenvalue weighted by Gasteiger charge is -2.48. The fourth-order valence-electron chi connectivity index (χ4n) is 3.77. The second-order valence-corrected chi connectivity index (χ2v) is 7.73. The number of fused-ring (bicyclic) bond motifs is 1. The van der Waals surface area contributed by atoms with Crippen molar-refractivity contribution in [3.05, 3.63) is 47.4 Å². The summed E-state index contributed by atoms with van der Waals surface area (Å²) < 4.78 is 1.69. The molecule has 0 bridgehead atoms. The Morgan fingerprint density at radius 3 is 2.74 bits per heavy atom. The molecule has 1 saturated heterocycles. The molecular formula is C19H19N6O5S+. The van der Waals surface area contributed by atoms with E-state index in [0.717, 1.165) is 11.3 Å². The van der Waals surface area contributed by atoms with E-state index in [-0.39, 0.29) is 22.2 Å². The third-order valence-corrected chi connectivity index (χ3v) is 5.76. The minimum absolute atomic E-state index is 0.0824. The largest absolute Gasteiger partial charge is 0.476 e. The smallest absolute Gasteiger partial charge is 0.359 e. The number of carboxylic acids is 1. The van der Waals surface area contributed by atoms with Crippen LogP contribution in [0.3, 0.4) is 0 Å². The summed E-state index contributed by atoms with van der Waals surface area (Å²) in [5.41, 5.74) is 6.16. The minimum Gasteiger partial charge on any atom is -0.476 e. The lowest BCUT2D eigenvalue weighted by atomic mass is 9.85. The Kier molecular flexibility index (Phi) is 5.38. The van der Waals surface area contributed by atoms with Crippen LogP contribution in [0.25, 0.3) is 5.70 Å². The molecule has 2 aliphatic heterocycles. The summed E-state index contributed by atoms with van der Waals surface area (Å²) in [6.45, 7) is 0. The highest BCUT2D eigenvalue weighted by atomic mass is 32.1. The fraction of sp³-hybridized carbons (Fsp3) is 0.263. The molecule has 4 N–H and O–H groups in total. The van der Waals surface area contributed by atoms with Gasteiger partial charge in [0.05, 0.1) is 6.04 Å². The van der Waals surface area contributed by atoms with Gasteiger partial charge in [-0.25, -0.2) is 9.78 Å². The highest BCUT2D eigenvalue weighted by Gasteiger charge is 2.55. The highest BCUT2D eigenvalue weighted by molar-refractivity contribution is 7.13. The molecule has 0 unspecified atom stereocenters. The zero-order chi connectivity index (χ0) is 22.1. The van der Waals surface area contributed by atoms with Gasteiger partial charge in [0.2, 0.25) is 5.70 Å². The summed E-state index contributed by atoms with van der Waals surface area (Å²) in [5, 5.41) is 17.9. The molecule has 0 aromatic carbocycles. The molecule has 4 rings (SSSR count). The molecular weight excluding hydrogens is 424 g/mol. The van der Waals surface area contributed by atoms with Crippen molar-refractivity contribution in [2.45, 2.75) is 24.9 Å². The number of amides is 2. The summed E-state index contributed by atoms with van der Waals surface area (Å²) >= 11 is 1.14. The van der Waals surface area contributed by atoms with E-state index in [2.05, 4.69) is 15.5 Å². The highest BCUT2D eigenvalue weighted by Crippen LogP contribution is 2.36. The maximum absolute atomic E-state index is 12.8. The first kappa shape index (κ1) is 20.5. The van der Waals surface area contributed by atoms with Crippen molar-refractivity contribution < 1.29 is 28.9 Å². The number of β-lactam (4-membered cyclic amide) rings is 1. The fourth-order valence-corrected chi connectivity index (χ4v) is 4.32. The Morgan fingerprint density at radius 1 is 1.39 bits per heavy atom. The normalized spacial score (nSPS) is 20.7. The average Bonchev–Trinajstić information content (AvgIpc) is 3.20. The van der Waals surface area contributed by atoms with E-state index in [1.807, 2.05) is 6.07 Å². The number of carbonyl (C=O) groups excluding carboxylic acids is 2. The van der Waals surface area contributed by atoms with E-state index in [9.17, 15) is 19.5 Å². The Bertz CT molecular complexity index is 1110. The SMILES string of the molecule is CO/N=C(/C(=O)N[C@@H]1C(=O)N2C(C(=O)O)=C([n+]3ccccc3)CC[C@H]12)c1csc(N)n1. The van der Waals surface area contributed by atoms with Crippen LogP contribution in [0.5, 0.6) is 0 Å². The standard InChI is InChI=1S/C19H18N6O5S/c1-30-23-13(10-9-31-19(20)21-10)16(26)22-14-11-5-6-12(24-7-3-2-4-8-24)15(18(28)29)25(11)17(14)27/h2-4,7-9,11,14H,5-6H2,1H3,(H3-,20,21,22,26,28,29)/p+1/b23-13+/t11-,14+/m1/s1. The van der Waals surface area contributed by atoms with Crippen molar-refractivity contribution in [3.8, 4) is 0 Å². The van der Waals surface area contributed by atoms with Crippen molar-refractivity contribution in [2.75, 3.05) is 12.8 Å². The van der Waals surface area contributed by atoms with E-state index >= 15 is 0 Å². The number of nitrogens with one attached hydrogen (secondary N) is 1. The molecule has 1 fully saturated rings. The molecule has 12 heteroatoms. The van der Waals surface area contributed by atoms with Crippen molar-refractivity contribution in [1.82, 2.24) is 15.2 Å². The van der Waals surface area contributed by atoms with Crippen LogP contribution in [0.4, 0.5) is 5.13 Å². The van der Waals surface area contributed by atoms with E-state index in [4.69, 9.17) is 10.6 Å². The third kappa shape index (κ3) is 3.61. The molecule has 160 valence electrons. The van der Waals surface area contributed by atoms with Gasteiger partial charge < -0.3 is 21.0 Å². The van der Waals surface area contributed by atoms with Crippen LogP contribution < -0.4 is 15.6 Å². The van der Waals surface area contributed by atoms with Gasteiger partial charge in [0, 0.05) is 23.9 Å². The van der Waals surface area contributed by atoms with Gasteiger partial charge in [-0.15, -0.1) is 11.3 Å². The van der Waals surface area contributed by atoms with Gasteiger partial charge in [0.1, 0.15) is 18.8 Å². The van der Waals surface area contributed by atoms with Gasteiger partial charge in [-0.1, -0.05) is 11.2 Å². The van der Waals surface area contributed by atoms with Crippen molar-refractivity contribution >= 4 is 45.7 Å². The van der Waals surface area contributed by atoms with Crippen LogP contribution in [0.1, 0.15) is 18.5 Å². The number of rotatable bonds is 6. The number of oxime groups is 1. The third-order valence-electron chi connectivity index (χ3n) is 5.09. The minimum atomic E-state index is -1.20. The maximum Gasteiger partial charge on any atom is 0.359 e. The molecule has 2 aliphatic rings. The second-order valence-electron chi connectivity index (χ2n) is 6.84. The molecule has 11 nitrogen and oxygen atoms in total. The van der Waals surface area contributed by atoms with Crippen molar-refractivity contribution in [3.63, 3.8) is 0 Å². The van der Waals surface area contributed by atoms with Gasteiger partial charge in [-0.05, 0) is 6.42 Å². The number of carboxylic acid groups (broad SMARTS) is 1. The molecule has 0 saturated carbocycles. The van der Waals surface area contributed by atoms with Gasteiger partial charge in [-0.2, -0.15) is 4.57 Å². The predicted octanol–water partition coefficient (Wildman–Crippen LogP) is -0.194. The molecule has 0 aliphatic carbocycles. The number of aliphatic carboxylic acids is 1. The van der Waals surface area contributed by atoms with Crippen LogP contribution in [0.2, 0.25) is 0 Å². The quantitative estimate of drug-likeness (QED) is 0.242. The van der Waals surface area contributed by atoms with Crippen LogP contribution in [-0.4, -0.2) is 57.7 Å². The molecule has 0 spiro atoms. The van der Waals surface area contributed by atoms with Crippen LogP contribution >= 0.6 is 11.3 Å². The van der Waals surface area contributed by atoms with Crippen LogP contribution in [-0.2, 0) is 19.2 Å². The number of nitrogens with two attached hydrogens (primary N) is 1. The summed E-state index contributed by atoms with van der Waals surface area (Å²) in [6, 6.07) is 4.03. The van der Waals surface area contributed by atoms with Gasteiger partial charge >= 0.3 is 5.97 Å². The summed E-state index contributed by atoms with van der Waals surface area (Å²) in [7, 11) is 1.28. The lowest BCUT2D eigenvalue weighted by molar-refractivity contribution is -0.585. The number of nitrogen functional groups attached to an aromatic ring is 1. The number of nitrogens with zero attached hydrogens (tertiary/aromatic N) is 4. The molecule has 2 atom stereocenters. The van der Waals surface area contributed by atoms with E-state index in [1.54, 1.807) is 34.5 Å². The zero-order valence-corrected chi connectivity index (χ0v) is 17.2. The number of allylic oxidation sites excluding steroid dienone is 1. The Hall–Kier alpha value is -3.80. The predicted molar refractivity (Wildman–Crippen MR) is 109 cm³/mol. The van der Waals surface area contributed by atoms with Crippen LogP contribution in [0.15, 0.2) is 46.8 Å². The molecule has 4 heterocycles. The van der Waals surface area contributed by atoms with E-state index < -0.39 is 29.9 Å². The second kappa shape index (κ2) is 8.14. The molecule has 31 heavy (non-hydrogen) atoms. The number of aromatic nitrogens is 2. The monoisotopic (exact) mass is 443 g/mol. The summed E-state index contributed by atoms with van der Waals surface area (Å²) in [4.78, 5) is 47.6. The van der Waals surface area contributed by atoms with Gasteiger partial charge in [-0.3, -0.25) is 14.5 Å². The number of pyridine rings is 1. The first-order valence-electron chi connectivity index (χ1n) is 9.32. The molecule has 2 aromatic rings. The molecule has 2 aromatic heterocycles. The number of anilines is 1. The van der Waals surface area contributed by atoms with Crippen molar-refractivity contribution in [2.24, 2.45) is 5.16 Å². The molecule has 2 amide bonds. The topological polar surface area (TPSA) is 151 Å². The van der Waals surface area contributed by atoms with Crippen molar-refractivity contribution in [1.29, 1.82) is 0 Å². The Balaban J connectivity index is 1.57. The van der Waals surface area contributed by atoms with E-state index in [1.165, 1.54) is 12.0 Å². The lowest BCUT2D eigenvalue weighted by Crippen LogP contribution is -2.72. The van der Waals surface area contributed by atoms with Crippen LogP contribution in [0, 0.1) is 0 Å². The first-order chi connectivity index (χ1) is 14.9. The Labute approximate surface area is 180 Å².